The molecule has 6 heteroatoms. The second-order valence-electron chi connectivity index (χ2n) is 3.68. The first-order valence-corrected chi connectivity index (χ1v) is 6.40. The van der Waals surface area contributed by atoms with Gasteiger partial charge in [0.1, 0.15) is 0 Å². The molecule has 0 saturated heterocycles. The van der Waals surface area contributed by atoms with E-state index < -0.39 is 0 Å². The lowest BCUT2D eigenvalue weighted by atomic mass is 10.2. The van der Waals surface area contributed by atoms with Crippen molar-refractivity contribution in [3.8, 4) is 0 Å². The fourth-order valence-corrected chi connectivity index (χ4v) is 1.65. The van der Waals surface area contributed by atoms with Crippen LogP contribution in [-0.2, 0) is 11.3 Å². The maximum absolute atomic E-state index is 5.92. The minimum Gasteiger partial charge on any atom is -0.380 e. The van der Waals surface area contributed by atoms with E-state index in [1.807, 2.05) is 31.2 Å². The molecule has 0 heterocycles. The van der Waals surface area contributed by atoms with Crippen LogP contribution in [0.4, 0.5) is 0 Å². The number of rotatable bonds is 6. The Balaban J connectivity index is 0.00000324. The van der Waals surface area contributed by atoms with E-state index >= 15 is 0 Å². The zero-order chi connectivity index (χ0) is 13.2. The first kappa shape index (κ1) is 18.5. The molecular weight excluding hydrogens is 377 g/mol. The molecule has 0 saturated carbocycles. The van der Waals surface area contributed by atoms with Crippen LogP contribution < -0.4 is 10.6 Å². The highest BCUT2D eigenvalue weighted by Gasteiger charge is 1.98. The van der Waals surface area contributed by atoms with Crippen molar-refractivity contribution in [3.05, 3.63) is 34.9 Å². The monoisotopic (exact) mass is 397 g/mol. The van der Waals surface area contributed by atoms with Crippen LogP contribution in [0, 0.1) is 0 Å². The zero-order valence-electron chi connectivity index (χ0n) is 11.3. The molecule has 0 amide bonds. The molecule has 0 fully saturated rings. The minimum absolute atomic E-state index is 0. The Labute approximate surface area is 137 Å². The molecule has 4 nitrogen and oxygen atoms in total. The van der Waals surface area contributed by atoms with Gasteiger partial charge in [-0.25, -0.2) is 0 Å². The molecule has 0 aliphatic rings. The molecule has 0 aliphatic carbocycles. The van der Waals surface area contributed by atoms with Gasteiger partial charge in [-0.2, -0.15) is 0 Å². The predicted molar refractivity (Wildman–Crippen MR) is 91.6 cm³/mol. The Hall–Kier alpha value is -0.530. The molecule has 2 N–H and O–H groups in total. The SMILES string of the molecule is CCOCCNC(=NC)NCc1cccc(Cl)c1.I. The van der Waals surface area contributed by atoms with Crippen molar-refractivity contribution in [2.45, 2.75) is 13.5 Å². The molecule has 1 rings (SSSR count). The number of ether oxygens (including phenoxy) is 1. The van der Waals surface area contributed by atoms with Gasteiger partial charge in [-0.3, -0.25) is 4.99 Å². The van der Waals surface area contributed by atoms with Crippen LogP contribution in [-0.4, -0.2) is 32.8 Å². The summed E-state index contributed by atoms with van der Waals surface area (Å²) in [5.41, 5.74) is 1.12. The van der Waals surface area contributed by atoms with Gasteiger partial charge in [-0.15, -0.1) is 24.0 Å². The number of benzene rings is 1. The summed E-state index contributed by atoms with van der Waals surface area (Å²) in [5.74, 6) is 0.759. The smallest absolute Gasteiger partial charge is 0.191 e. The van der Waals surface area contributed by atoms with Crippen molar-refractivity contribution in [2.24, 2.45) is 4.99 Å². The number of aliphatic imine (C=N–C) groups is 1. The lowest BCUT2D eigenvalue weighted by molar-refractivity contribution is 0.152. The first-order chi connectivity index (χ1) is 8.76. The standard InChI is InChI=1S/C13H20ClN3O.HI/c1-3-18-8-7-16-13(15-2)17-10-11-5-4-6-12(14)9-11;/h4-6,9H,3,7-8,10H2,1-2H3,(H2,15,16,17);1H. The van der Waals surface area contributed by atoms with Crippen LogP contribution >= 0.6 is 35.6 Å². The fraction of sp³-hybridized carbons (Fsp3) is 0.462. The molecule has 0 spiro atoms. The van der Waals surface area contributed by atoms with Crippen molar-refractivity contribution in [2.75, 3.05) is 26.8 Å². The number of nitrogens with one attached hydrogen (secondary N) is 2. The van der Waals surface area contributed by atoms with Crippen LogP contribution in [0.5, 0.6) is 0 Å². The third-order valence-electron chi connectivity index (χ3n) is 2.32. The third kappa shape index (κ3) is 8.28. The van der Waals surface area contributed by atoms with Gasteiger partial charge in [0.05, 0.1) is 6.61 Å². The average Bonchev–Trinajstić information content (AvgIpc) is 2.38. The topological polar surface area (TPSA) is 45.6 Å². The van der Waals surface area contributed by atoms with E-state index in [4.69, 9.17) is 16.3 Å². The molecule has 108 valence electrons. The number of nitrogens with zero attached hydrogens (tertiary/aromatic N) is 1. The second kappa shape index (κ2) is 11.3. The summed E-state index contributed by atoms with van der Waals surface area (Å²) in [6.07, 6.45) is 0. The van der Waals surface area contributed by atoms with Crippen LogP contribution in [0.1, 0.15) is 12.5 Å². The Kier molecular flexibility index (Phi) is 11.0. The summed E-state index contributed by atoms with van der Waals surface area (Å²) in [4.78, 5) is 4.13. The Morgan fingerprint density at radius 1 is 1.37 bits per heavy atom. The van der Waals surface area contributed by atoms with E-state index in [9.17, 15) is 0 Å². The average molecular weight is 398 g/mol. The van der Waals surface area contributed by atoms with Crippen LogP contribution in [0.3, 0.4) is 0 Å². The number of guanidine groups is 1. The molecule has 0 bridgehead atoms. The highest BCUT2D eigenvalue weighted by atomic mass is 127. The third-order valence-corrected chi connectivity index (χ3v) is 2.55. The lowest BCUT2D eigenvalue weighted by Crippen LogP contribution is -2.38. The van der Waals surface area contributed by atoms with Gasteiger partial charge in [0.15, 0.2) is 5.96 Å². The van der Waals surface area contributed by atoms with E-state index in [1.165, 1.54) is 0 Å². The van der Waals surface area contributed by atoms with Gasteiger partial charge in [0, 0.05) is 31.8 Å². The van der Waals surface area contributed by atoms with Crippen molar-refractivity contribution in [3.63, 3.8) is 0 Å². The molecular formula is C13H21ClIN3O. The van der Waals surface area contributed by atoms with E-state index in [-0.39, 0.29) is 24.0 Å². The van der Waals surface area contributed by atoms with E-state index in [0.717, 1.165) is 29.7 Å². The summed E-state index contributed by atoms with van der Waals surface area (Å²) >= 11 is 5.92. The van der Waals surface area contributed by atoms with E-state index in [1.54, 1.807) is 7.05 Å². The zero-order valence-corrected chi connectivity index (χ0v) is 14.4. The van der Waals surface area contributed by atoms with Crippen molar-refractivity contribution >= 4 is 41.5 Å². The maximum Gasteiger partial charge on any atom is 0.191 e. The summed E-state index contributed by atoms with van der Waals surface area (Å²) in [5, 5.41) is 7.13. The van der Waals surface area contributed by atoms with Crippen LogP contribution in [0.15, 0.2) is 29.3 Å². The van der Waals surface area contributed by atoms with Crippen LogP contribution in [0.2, 0.25) is 5.02 Å². The Morgan fingerprint density at radius 3 is 2.79 bits per heavy atom. The maximum atomic E-state index is 5.92. The summed E-state index contributed by atoms with van der Waals surface area (Å²) in [7, 11) is 1.74. The normalized spacial score (nSPS) is 10.8. The molecule has 0 radical (unpaired) electrons. The van der Waals surface area contributed by atoms with Gasteiger partial charge < -0.3 is 15.4 Å². The van der Waals surface area contributed by atoms with Gasteiger partial charge in [-0.05, 0) is 24.6 Å². The first-order valence-electron chi connectivity index (χ1n) is 6.03. The molecule has 0 unspecified atom stereocenters. The minimum atomic E-state index is 0. The van der Waals surface area contributed by atoms with Gasteiger partial charge >= 0.3 is 0 Å². The molecule has 19 heavy (non-hydrogen) atoms. The van der Waals surface area contributed by atoms with Crippen LogP contribution in [0.25, 0.3) is 0 Å². The van der Waals surface area contributed by atoms with Gasteiger partial charge in [-0.1, -0.05) is 23.7 Å². The summed E-state index contributed by atoms with van der Waals surface area (Å²) < 4.78 is 5.24. The largest absolute Gasteiger partial charge is 0.380 e. The fourth-order valence-electron chi connectivity index (χ4n) is 1.44. The predicted octanol–water partition coefficient (Wildman–Crippen LogP) is 2.66. The van der Waals surface area contributed by atoms with E-state index in [2.05, 4.69) is 15.6 Å². The number of halogens is 2. The van der Waals surface area contributed by atoms with Crippen molar-refractivity contribution in [1.29, 1.82) is 0 Å². The number of hydrogen-bond acceptors (Lipinski definition) is 2. The number of hydrogen-bond donors (Lipinski definition) is 2. The van der Waals surface area contributed by atoms with E-state index in [0.29, 0.717) is 13.2 Å². The quantitative estimate of drug-likeness (QED) is 0.336. The molecule has 1 aromatic rings. The molecule has 1 aromatic carbocycles. The Morgan fingerprint density at radius 2 is 2.16 bits per heavy atom. The molecule has 0 aromatic heterocycles. The Bertz CT molecular complexity index is 388. The van der Waals surface area contributed by atoms with Gasteiger partial charge in [0.25, 0.3) is 0 Å². The summed E-state index contributed by atoms with van der Waals surface area (Å²) in [6, 6.07) is 7.75. The molecule has 0 atom stereocenters. The molecule has 0 aliphatic heterocycles. The van der Waals surface area contributed by atoms with Crippen molar-refractivity contribution < 1.29 is 4.74 Å². The van der Waals surface area contributed by atoms with Gasteiger partial charge in [0.2, 0.25) is 0 Å². The lowest BCUT2D eigenvalue weighted by Gasteiger charge is -2.11. The summed E-state index contributed by atoms with van der Waals surface area (Å²) in [6.45, 7) is 4.81. The highest BCUT2D eigenvalue weighted by molar-refractivity contribution is 14.0. The van der Waals surface area contributed by atoms with Crippen molar-refractivity contribution in [1.82, 2.24) is 10.6 Å². The highest BCUT2D eigenvalue weighted by Crippen LogP contribution is 2.09. The second-order valence-corrected chi connectivity index (χ2v) is 4.12.